The van der Waals surface area contributed by atoms with Crippen LogP contribution in [0.5, 0.6) is 0 Å². The standard InChI is InChI=1S/C10H21N3/c1-4-6-13(7-5-2)10-8-11-9-12(10)3/h8,11H,4-7,9H2,1-3H3. The summed E-state index contributed by atoms with van der Waals surface area (Å²) in [6.45, 7) is 7.72. The van der Waals surface area contributed by atoms with Crippen LogP contribution < -0.4 is 5.32 Å². The third kappa shape index (κ3) is 2.54. The first-order chi connectivity index (χ1) is 6.29. The van der Waals surface area contributed by atoms with Crippen molar-refractivity contribution in [3.8, 4) is 0 Å². The fourth-order valence-electron chi connectivity index (χ4n) is 1.68. The molecule has 0 aromatic carbocycles. The van der Waals surface area contributed by atoms with Crippen molar-refractivity contribution in [3.05, 3.63) is 12.0 Å². The van der Waals surface area contributed by atoms with E-state index in [1.54, 1.807) is 0 Å². The summed E-state index contributed by atoms with van der Waals surface area (Å²) in [5.41, 5.74) is 0. The number of nitrogens with zero attached hydrogens (tertiary/aromatic N) is 2. The first-order valence-electron chi connectivity index (χ1n) is 5.19. The first-order valence-corrected chi connectivity index (χ1v) is 5.19. The lowest BCUT2D eigenvalue weighted by Gasteiger charge is -2.29. The fourth-order valence-corrected chi connectivity index (χ4v) is 1.68. The summed E-state index contributed by atoms with van der Waals surface area (Å²) in [6, 6.07) is 0. The predicted octanol–water partition coefficient (Wildman–Crippen LogP) is 1.40. The van der Waals surface area contributed by atoms with Crippen LogP contribution in [0.1, 0.15) is 26.7 Å². The highest BCUT2D eigenvalue weighted by Gasteiger charge is 2.15. The normalized spacial score (nSPS) is 15.6. The zero-order chi connectivity index (χ0) is 9.68. The van der Waals surface area contributed by atoms with Gasteiger partial charge in [-0.1, -0.05) is 13.8 Å². The van der Waals surface area contributed by atoms with E-state index in [1.807, 2.05) is 0 Å². The molecule has 1 aliphatic heterocycles. The minimum absolute atomic E-state index is 0.944. The lowest BCUT2D eigenvalue weighted by molar-refractivity contribution is 0.250. The van der Waals surface area contributed by atoms with Crippen LogP contribution in [0.15, 0.2) is 12.0 Å². The summed E-state index contributed by atoms with van der Waals surface area (Å²) in [4.78, 5) is 4.70. The molecule has 1 heterocycles. The average Bonchev–Trinajstić information content (AvgIpc) is 2.51. The second-order valence-corrected chi connectivity index (χ2v) is 3.55. The van der Waals surface area contributed by atoms with Crippen molar-refractivity contribution >= 4 is 0 Å². The molecule has 1 aliphatic rings. The lowest BCUT2D eigenvalue weighted by atomic mass is 10.3. The van der Waals surface area contributed by atoms with Gasteiger partial charge in [0.1, 0.15) is 5.82 Å². The zero-order valence-electron chi connectivity index (χ0n) is 9.01. The fraction of sp³-hybridized carbons (Fsp3) is 0.800. The summed E-state index contributed by atoms with van der Waals surface area (Å²) < 4.78 is 0. The monoisotopic (exact) mass is 183 g/mol. The highest BCUT2D eigenvalue weighted by Crippen LogP contribution is 2.12. The third-order valence-corrected chi connectivity index (χ3v) is 2.26. The molecule has 3 nitrogen and oxygen atoms in total. The van der Waals surface area contributed by atoms with Crippen molar-refractivity contribution in [3.63, 3.8) is 0 Å². The Bertz CT molecular complexity index is 171. The van der Waals surface area contributed by atoms with E-state index in [4.69, 9.17) is 0 Å². The molecule has 0 spiro atoms. The van der Waals surface area contributed by atoms with E-state index < -0.39 is 0 Å². The molecule has 1 rings (SSSR count). The summed E-state index contributed by atoms with van der Waals surface area (Å²) in [6.07, 6.45) is 4.54. The summed E-state index contributed by atoms with van der Waals surface area (Å²) in [5.74, 6) is 1.34. The maximum atomic E-state index is 3.24. The van der Waals surface area contributed by atoms with Crippen molar-refractivity contribution < 1.29 is 0 Å². The Balaban J connectivity index is 2.52. The van der Waals surface area contributed by atoms with E-state index in [-0.39, 0.29) is 0 Å². The quantitative estimate of drug-likeness (QED) is 0.695. The molecule has 0 aromatic rings. The van der Waals surface area contributed by atoms with Crippen LogP contribution in [0.3, 0.4) is 0 Å². The van der Waals surface area contributed by atoms with Gasteiger partial charge >= 0.3 is 0 Å². The van der Waals surface area contributed by atoms with Crippen molar-refractivity contribution in [1.29, 1.82) is 0 Å². The molecule has 0 aliphatic carbocycles. The Labute approximate surface area is 81.4 Å². The largest absolute Gasteiger partial charge is 0.371 e. The smallest absolute Gasteiger partial charge is 0.121 e. The average molecular weight is 183 g/mol. The molecule has 0 fully saturated rings. The number of hydrogen-bond acceptors (Lipinski definition) is 3. The maximum Gasteiger partial charge on any atom is 0.121 e. The SMILES string of the molecule is CCCN(CCC)C1=CNCN1C. The van der Waals surface area contributed by atoms with Gasteiger partial charge in [0.2, 0.25) is 0 Å². The van der Waals surface area contributed by atoms with Crippen LogP contribution in [0.2, 0.25) is 0 Å². The van der Waals surface area contributed by atoms with Gasteiger partial charge in [0, 0.05) is 26.3 Å². The number of hydrogen-bond donors (Lipinski definition) is 1. The molecule has 0 amide bonds. The Hall–Kier alpha value is -0.860. The predicted molar refractivity (Wildman–Crippen MR) is 56.0 cm³/mol. The Morgan fingerprint density at radius 3 is 2.38 bits per heavy atom. The highest BCUT2D eigenvalue weighted by molar-refractivity contribution is 5.03. The molecule has 0 atom stereocenters. The highest BCUT2D eigenvalue weighted by atomic mass is 15.4. The molecule has 0 unspecified atom stereocenters. The molecule has 1 N–H and O–H groups in total. The molecule has 0 saturated carbocycles. The zero-order valence-corrected chi connectivity index (χ0v) is 9.01. The van der Waals surface area contributed by atoms with E-state index >= 15 is 0 Å². The van der Waals surface area contributed by atoms with Crippen LogP contribution in [0.25, 0.3) is 0 Å². The van der Waals surface area contributed by atoms with E-state index in [2.05, 4.69) is 42.2 Å². The number of rotatable bonds is 5. The van der Waals surface area contributed by atoms with E-state index in [1.165, 1.54) is 18.7 Å². The minimum atomic E-state index is 0.944. The third-order valence-electron chi connectivity index (χ3n) is 2.26. The molecule has 76 valence electrons. The van der Waals surface area contributed by atoms with Crippen LogP contribution in [-0.2, 0) is 0 Å². The van der Waals surface area contributed by atoms with E-state index in [0.29, 0.717) is 0 Å². The van der Waals surface area contributed by atoms with Gasteiger partial charge in [-0.05, 0) is 12.8 Å². The Morgan fingerprint density at radius 2 is 2.00 bits per heavy atom. The second-order valence-electron chi connectivity index (χ2n) is 3.55. The molecule has 0 aromatic heterocycles. The van der Waals surface area contributed by atoms with Gasteiger partial charge in [0.05, 0.1) is 6.67 Å². The molecule has 0 saturated heterocycles. The minimum Gasteiger partial charge on any atom is -0.371 e. The summed E-state index contributed by atoms with van der Waals surface area (Å²) in [5, 5.41) is 3.24. The Kier molecular flexibility index (Phi) is 3.93. The topological polar surface area (TPSA) is 18.5 Å². The number of nitrogens with one attached hydrogen (secondary N) is 1. The Morgan fingerprint density at radius 1 is 1.38 bits per heavy atom. The summed E-state index contributed by atoms with van der Waals surface area (Å²) in [7, 11) is 2.13. The van der Waals surface area contributed by atoms with Gasteiger partial charge in [-0.15, -0.1) is 0 Å². The van der Waals surface area contributed by atoms with Gasteiger partial charge in [0.25, 0.3) is 0 Å². The molecule has 0 radical (unpaired) electrons. The van der Waals surface area contributed by atoms with Crippen molar-refractivity contribution in [2.75, 3.05) is 26.8 Å². The van der Waals surface area contributed by atoms with E-state index in [0.717, 1.165) is 19.8 Å². The van der Waals surface area contributed by atoms with Gasteiger partial charge in [-0.25, -0.2) is 0 Å². The lowest BCUT2D eigenvalue weighted by Crippen LogP contribution is -2.32. The van der Waals surface area contributed by atoms with Crippen LogP contribution in [-0.4, -0.2) is 36.6 Å². The molecule has 0 bridgehead atoms. The molecular weight excluding hydrogens is 162 g/mol. The van der Waals surface area contributed by atoms with Crippen LogP contribution in [0, 0.1) is 0 Å². The second kappa shape index (κ2) is 5.00. The van der Waals surface area contributed by atoms with Gasteiger partial charge in [-0.3, -0.25) is 0 Å². The van der Waals surface area contributed by atoms with Gasteiger partial charge < -0.3 is 15.1 Å². The maximum absolute atomic E-state index is 3.24. The van der Waals surface area contributed by atoms with Crippen molar-refractivity contribution in [2.45, 2.75) is 26.7 Å². The van der Waals surface area contributed by atoms with Crippen molar-refractivity contribution in [1.82, 2.24) is 15.1 Å². The van der Waals surface area contributed by atoms with Crippen molar-refractivity contribution in [2.24, 2.45) is 0 Å². The van der Waals surface area contributed by atoms with Gasteiger partial charge in [0.15, 0.2) is 0 Å². The van der Waals surface area contributed by atoms with E-state index in [9.17, 15) is 0 Å². The van der Waals surface area contributed by atoms with Crippen LogP contribution >= 0.6 is 0 Å². The molecule has 13 heavy (non-hydrogen) atoms. The molecular formula is C10H21N3. The first kappa shape index (κ1) is 10.2. The summed E-state index contributed by atoms with van der Waals surface area (Å²) >= 11 is 0. The van der Waals surface area contributed by atoms with Crippen LogP contribution in [0.4, 0.5) is 0 Å². The molecule has 3 heteroatoms. The van der Waals surface area contributed by atoms with Gasteiger partial charge in [-0.2, -0.15) is 0 Å².